The van der Waals surface area contributed by atoms with Crippen molar-refractivity contribution in [2.45, 2.75) is 6.54 Å². The van der Waals surface area contributed by atoms with Crippen molar-refractivity contribution < 1.29 is 9.53 Å². The van der Waals surface area contributed by atoms with Crippen LogP contribution in [0.5, 0.6) is 0 Å². The molecule has 1 fully saturated rings. The molecule has 1 saturated heterocycles. The molecule has 0 N–H and O–H groups in total. The maximum Gasteiger partial charge on any atom is 0.319 e. The summed E-state index contributed by atoms with van der Waals surface area (Å²) in [7, 11) is 1.43. The molecule has 1 aliphatic heterocycles. The number of aromatic nitrogens is 1. The van der Waals surface area contributed by atoms with E-state index in [1.54, 1.807) is 0 Å². The van der Waals surface area contributed by atoms with E-state index in [4.69, 9.17) is 0 Å². The lowest BCUT2D eigenvalue weighted by molar-refractivity contribution is -0.142. The Morgan fingerprint density at radius 3 is 2.61 bits per heavy atom. The molecule has 0 saturated carbocycles. The molecule has 0 spiro atoms. The molecule has 0 aliphatic carbocycles. The molecular formula is C13H19N3O2. The van der Waals surface area contributed by atoms with Crippen molar-refractivity contribution in [3.8, 4) is 0 Å². The van der Waals surface area contributed by atoms with E-state index in [-0.39, 0.29) is 5.97 Å². The maximum atomic E-state index is 11.2. The predicted molar refractivity (Wildman–Crippen MR) is 68.0 cm³/mol. The molecule has 0 atom stereocenters. The number of pyridine rings is 1. The average Bonchev–Trinajstić information content (AvgIpc) is 2.42. The predicted octanol–water partition coefficient (Wildman–Crippen LogP) is 0.372. The molecule has 0 aromatic carbocycles. The van der Waals surface area contributed by atoms with Gasteiger partial charge in [0.05, 0.1) is 19.3 Å². The summed E-state index contributed by atoms with van der Waals surface area (Å²) in [4.78, 5) is 20.0. The first-order chi connectivity index (χ1) is 8.78. The summed E-state index contributed by atoms with van der Waals surface area (Å²) in [6.45, 7) is 5.02. The van der Waals surface area contributed by atoms with Gasteiger partial charge < -0.3 is 4.74 Å². The lowest BCUT2D eigenvalue weighted by atomic mass is 10.2. The molecule has 2 rings (SSSR count). The molecule has 1 aromatic rings. The number of carbonyl (C=O) groups is 1. The van der Waals surface area contributed by atoms with Gasteiger partial charge in [-0.1, -0.05) is 6.07 Å². The second-order valence-electron chi connectivity index (χ2n) is 4.45. The highest BCUT2D eigenvalue weighted by atomic mass is 16.5. The Morgan fingerprint density at radius 1 is 1.28 bits per heavy atom. The molecular weight excluding hydrogens is 230 g/mol. The van der Waals surface area contributed by atoms with E-state index >= 15 is 0 Å². The number of ether oxygens (including phenoxy) is 1. The SMILES string of the molecule is COC(=O)CN1CCN(Cc2ccccn2)CC1. The summed E-state index contributed by atoms with van der Waals surface area (Å²) in [5.74, 6) is -0.159. The average molecular weight is 249 g/mol. The zero-order valence-electron chi connectivity index (χ0n) is 10.7. The molecule has 5 nitrogen and oxygen atoms in total. The minimum Gasteiger partial charge on any atom is -0.468 e. The van der Waals surface area contributed by atoms with E-state index in [9.17, 15) is 4.79 Å². The van der Waals surface area contributed by atoms with Crippen LogP contribution in [0.25, 0.3) is 0 Å². The molecule has 0 radical (unpaired) electrons. The molecule has 18 heavy (non-hydrogen) atoms. The van der Waals surface area contributed by atoms with Gasteiger partial charge in [0.15, 0.2) is 0 Å². The van der Waals surface area contributed by atoms with Crippen molar-refractivity contribution in [1.29, 1.82) is 0 Å². The van der Waals surface area contributed by atoms with Crippen molar-refractivity contribution in [2.24, 2.45) is 0 Å². The van der Waals surface area contributed by atoms with Crippen LogP contribution >= 0.6 is 0 Å². The van der Waals surface area contributed by atoms with Gasteiger partial charge in [0.2, 0.25) is 0 Å². The largest absolute Gasteiger partial charge is 0.468 e. The molecule has 1 aliphatic rings. The second-order valence-corrected chi connectivity index (χ2v) is 4.45. The highest BCUT2D eigenvalue weighted by Gasteiger charge is 2.19. The maximum absolute atomic E-state index is 11.2. The van der Waals surface area contributed by atoms with Gasteiger partial charge in [-0.15, -0.1) is 0 Å². The van der Waals surface area contributed by atoms with E-state index in [0.29, 0.717) is 6.54 Å². The van der Waals surface area contributed by atoms with E-state index in [1.807, 2.05) is 24.4 Å². The fourth-order valence-corrected chi connectivity index (χ4v) is 2.07. The minimum absolute atomic E-state index is 0.159. The lowest BCUT2D eigenvalue weighted by Gasteiger charge is -2.33. The Bertz CT molecular complexity index is 375. The summed E-state index contributed by atoms with van der Waals surface area (Å²) >= 11 is 0. The summed E-state index contributed by atoms with van der Waals surface area (Å²) in [6.07, 6.45) is 1.82. The number of methoxy groups -OCH3 is 1. The van der Waals surface area contributed by atoms with Crippen LogP contribution in [0.15, 0.2) is 24.4 Å². The normalized spacial score (nSPS) is 17.6. The van der Waals surface area contributed by atoms with E-state index in [0.717, 1.165) is 38.4 Å². The van der Waals surface area contributed by atoms with Gasteiger partial charge in [-0.05, 0) is 12.1 Å². The number of nitrogens with zero attached hydrogens (tertiary/aromatic N) is 3. The first-order valence-electron chi connectivity index (χ1n) is 6.19. The fourth-order valence-electron chi connectivity index (χ4n) is 2.07. The second kappa shape index (κ2) is 6.47. The Morgan fingerprint density at radius 2 is 2.00 bits per heavy atom. The third kappa shape index (κ3) is 3.78. The van der Waals surface area contributed by atoms with Crippen LogP contribution < -0.4 is 0 Å². The Labute approximate surface area is 107 Å². The van der Waals surface area contributed by atoms with Gasteiger partial charge in [0.1, 0.15) is 0 Å². The summed E-state index contributed by atoms with van der Waals surface area (Å²) in [5.41, 5.74) is 1.10. The zero-order chi connectivity index (χ0) is 12.8. The Balaban J connectivity index is 1.75. The van der Waals surface area contributed by atoms with Crippen LogP contribution in [-0.4, -0.2) is 60.6 Å². The Kier molecular flexibility index (Phi) is 4.66. The minimum atomic E-state index is -0.159. The highest BCUT2D eigenvalue weighted by molar-refractivity contribution is 5.71. The standard InChI is InChI=1S/C13H19N3O2/c1-18-13(17)11-16-8-6-15(7-9-16)10-12-4-2-3-5-14-12/h2-5H,6-11H2,1H3. The van der Waals surface area contributed by atoms with Crippen molar-refractivity contribution in [2.75, 3.05) is 39.8 Å². The van der Waals surface area contributed by atoms with Crippen LogP contribution in [0.1, 0.15) is 5.69 Å². The molecule has 1 aromatic heterocycles. The van der Waals surface area contributed by atoms with Gasteiger partial charge in [-0.2, -0.15) is 0 Å². The number of piperazine rings is 1. The monoisotopic (exact) mass is 249 g/mol. The van der Waals surface area contributed by atoms with E-state index in [1.165, 1.54) is 7.11 Å². The van der Waals surface area contributed by atoms with Gasteiger partial charge in [0.25, 0.3) is 0 Å². The smallest absolute Gasteiger partial charge is 0.319 e. The van der Waals surface area contributed by atoms with E-state index < -0.39 is 0 Å². The lowest BCUT2D eigenvalue weighted by Crippen LogP contribution is -2.47. The quantitative estimate of drug-likeness (QED) is 0.722. The van der Waals surface area contributed by atoms with Gasteiger partial charge in [0, 0.05) is 38.9 Å². The highest BCUT2D eigenvalue weighted by Crippen LogP contribution is 2.06. The topological polar surface area (TPSA) is 45.7 Å². The summed E-state index contributed by atoms with van der Waals surface area (Å²) in [6, 6.07) is 5.98. The number of rotatable bonds is 4. The van der Waals surface area contributed by atoms with Crippen LogP contribution in [0, 0.1) is 0 Å². The van der Waals surface area contributed by atoms with Gasteiger partial charge in [-0.3, -0.25) is 19.6 Å². The van der Waals surface area contributed by atoms with Crippen LogP contribution in [0.3, 0.4) is 0 Å². The van der Waals surface area contributed by atoms with Crippen LogP contribution in [0.4, 0.5) is 0 Å². The molecule has 98 valence electrons. The van der Waals surface area contributed by atoms with Crippen LogP contribution in [-0.2, 0) is 16.1 Å². The van der Waals surface area contributed by atoms with Crippen LogP contribution in [0.2, 0.25) is 0 Å². The number of hydrogen-bond acceptors (Lipinski definition) is 5. The van der Waals surface area contributed by atoms with Gasteiger partial charge in [-0.25, -0.2) is 0 Å². The van der Waals surface area contributed by atoms with Crippen molar-refractivity contribution in [3.63, 3.8) is 0 Å². The molecule has 5 heteroatoms. The first-order valence-corrected chi connectivity index (χ1v) is 6.19. The zero-order valence-corrected chi connectivity index (χ0v) is 10.7. The summed E-state index contributed by atoms with van der Waals surface area (Å²) < 4.78 is 4.67. The van der Waals surface area contributed by atoms with Gasteiger partial charge >= 0.3 is 5.97 Å². The van der Waals surface area contributed by atoms with Crippen molar-refractivity contribution >= 4 is 5.97 Å². The van der Waals surface area contributed by atoms with Crippen molar-refractivity contribution in [3.05, 3.63) is 30.1 Å². The summed E-state index contributed by atoms with van der Waals surface area (Å²) in [5, 5.41) is 0. The first kappa shape index (κ1) is 13.0. The molecule has 2 heterocycles. The molecule has 0 unspecified atom stereocenters. The molecule has 0 bridgehead atoms. The number of hydrogen-bond donors (Lipinski definition) is 0. The van der Waals surface area contributed by atoms with E-state index in [2.05, 4.69) is 19.5 Å². The third-order valence-corrected chi connectivity index (χ3v) is 3.16. The Hall–Kier alpha value is -1.46. The fraction of sp³-hybridized carbons (Fsp3) is 0.538. The number of carbonyl (C=O) groups excluding carboxylic acids is 1. The third-order valence-electron chi connectivity index (χ3n) is 3.16. The molecule has 0 amide bonds. The number of esters is 1. The van der Waals surface area contributed by atoms with Crippen molar-refractivity contribution in [1.82, 2.24) is 14.8 Å².